The van der Waals surface area contributed by atoms with Crippen molar-refractivity contribution >= 4 is 7.82 Å². The maximum Gasteiger partial charge on any atom is 0.466 e. The van der Waals surface area contributed by atoms with Gasteiger partial charge in [0.15, 0.2) is 0 Å². The lowest BCUT2D eigenvalue weighted by Crippen LogP contribution is -2.42. The number of hydrogen-bond donors (Lipinski definition) is 3. The molecule has 0 aliphatic carbocycles. The smallest absolute Gasteiger partial charge is 0.466 e. The van der Waals surface area contributed by atoms with Gasteiger partial charge < -0.3 is 20.0 Å². The van der Waals surface area contributed by atoms with Gasteiger partial charge in [-0.25, -0.2) is 4.57 Å². The first-order valence-corrected chi connectivity index (χ1v) is 8.40. The van der Waals surface area contributed by atoms with Gasteiger partial charge in [-0.15, -0.1) is 11.1 Å². The lowest BCUT2D eigenvalue weighted by atomic mass is 9.83. The largest absolute Gasteiger partial charge is 0.651 e. The zero-order valence-electron chi connectivity index (χ0n) is 13.7. The average molecular weight is 390 g/mol. The lowest BCUT2D eigenvalue weighted by molar-refractivity contribution is -0.174. The molecule has 12 heteroatoms. The average Bonchev–Trinajstić information content (AvgIpc) is 2.03. The van der Waals surface area contributed by atoms with Crippen molar-refractivity contribution in [2.24, 2.45) is 0 Å². The lowest BCUT2D eigenvalue weighted by Gasteiger charge is -2.55. The highest BCUT2D eigenvalue weighted by Gasteiger charge is 2.43. The normalized spacial score (nSPS) is 14.2. The fourth-order valence-corrected chi connectivity index (χ4v) is 2.30. The zero-order valence-corrected chi connectivity index (χ0v) is 14.6. The second kappa shape index (κ2) is 8.84. The number of hydrogen-bond acceptors (Lipinski definition) is 1. The predicted octanol–water partition coefficient (Wildman–Crippen LogP) is 4.67. The minimum absolute atomic E-state index is 0.214. The Balaban J connectivity index is 0. The van der Waals surface area contributed by atoms with Crippen LogP contribution in [0.15, 0.2) is 0 Å². The van der Waals surface area contributed by atoms with Crippen LogP contribution in [0.25, 0.3) is 5.32 Å². The molecule has 0 radical (unpaired) electrons. The summed E-state index contributed by atoms with van der Waals surface area (Å²) in [5.74, 6) is 0. The van der Waals surface area contributed by atoms with E-state index in [2.05, 4.69) is 5.32 Å². The van der Waals surface area contributed by atoms with E-state index in [4.69, 9.17) is 19.2 Å². The van der Waals surface area contributed by atoms with Crippen LogP contribution >= 0.6 is 7.82 Å². The molecule has 0 aromatic carbocycles. The van der Waals surface area contributed by atoms with Gasteiger partial charge in [-0.1, -0.05) is 40.5 Å². The van der Waals surface area contributed by atoms with E-state index in [1.807, 2.05) is 0 Å². The quantitative estimate of drug-likeness (QED) is 0.470. The van der Waals surface area contributed by atoms with Crippen molar-refractivity contribution < 1.29 is 45.6 Å². The number of rotatable bonds is 5. The SMILES string of the molecule is CCCC(CC(F)(F)F)(CC(F)(F)F)[N-]C(C)(C)C.O=P(O)(O)O. The second-order valence-corrected chi connectivity index (χ2v) is 7.38. The summed E-state index contributed by atoms with van der Waals surface area (Å²) in [6.07, 6.45) is -12.4. The van der Waals surface area contributed by atoms with Gasteiger partial charge in [0.1, 0.15) is 0 Å². The molecule has 0 spiro atoms. The molecule has 0 rings (SSSR count). The van der Waals surface area contributed by atoms with Crippen molar-refractivity contribution in [3.63, 3.8) is 0 Å². The van der Waals surface area contributed by atoms with Crippen molar-refractivity contribution in [2.75, 3.05) is 0 Å². The Morgan fingerprint density at radius 2 is 1.17 bits per heavy atom. The first kappa shape index (κ1) is 25.9. The Kier molecular flexibility index (Phi) is 9.54. The van der Waals surface area contributed by atoms with Crippen LogP contribution in [0.2, 0.25) is 0 Å². The summed E-state index contributed by atoms with van der Waals surface area (Å²) in [5, 5.41) is 3.86. The van der Waals surface area contributed by atoms with Gasteiger partial charge in [0.25, 0.3) is 0 Å². The van der Waals surface area contributed by atoms with E-state index in [0.29, 0.717) is 0 Å². The molecular formula is C12H23F6NO4P-. The molecule has 24 heavy (non-hydrogen) atoms. The van der Waals surface area contributed by atoms with Crippen LogP contribution in [0.4, 0.5) is 26.3 Å². The first-order chi connectivity index (χ1) is 10.2. The molecule has 0 aromatic heterocycles. The van der Waals surface area contributed by atoms with Crippen LogP contribution in [-0.4, -0.2) is 38.1 Å². The summed E-state index contributed by atoms with van der Waals surface area (Å²) in [6.45, 7) is 6.07. The molecule has 0 saturated heterocycles. The summed E-state index contributed by atoms with van der Waals surface area (Å²) < 4.78 is 84.5. The molecular weight excluding hydrogens is 367 g/mol. The maximum atomic E-state index is 12.6. The summed E-state index contributed by atoms with van der Waals surface area (Å²) in [7, 11) is -4.64. The van der Waals surface area contributed by atoms with Gasteiger partial charge in [0, 0.05) is 12.8 Å². The number of alkyl halides is 6. The third-order valence-electron chi connectivity index (χ3n) is 2.35. The molecule has 0 saturated carbocycles. The van der Waals surface area contributed by atoms with Crippen molar-refractivity contribution in [3.8, 4) is 0 Å². The van der Waals surface area contributed by atoms with Crippen molar-refractivity contribution in [1.82, 2.24) is 0 Å². The molecule has 0 fully saturated rings. The molecule has 0 atom stereocenters. The van der Waals surface area contributed by atoms with E-state index >= 15 is 0 Å². The molecule has 0 bridgehead atoms. The standard InChI is InChI=1S/C12H20F6N.H3O4P/c1-5-6-10(7-11(13,14)15,8-12(16,17)18)19-9(2,3)4;1-5(2,3)4/h5-8H2,1-4H3;(H3,1,2,3,4)/q-1;. The van der Waals surface area contributed by atoms with Crippen LogP contribution in [-0.2, 0) is 4.57 Å². The summed E-state index contributed by atoms with van der Waals surface area (Å²) in [6, 6.07) is 0. The third kappa shape index (κ3) is 19.7. The van der Waals surface area contributed by atoms with E-state index in [0.717, 1.165) is 0 Å². The van der Waals surface area contributed by atoms with Gasteiger partial charge in [-0.2, -0.15) is 26.3 Å². The van der Waals surface area contributed by atoms with Crippen molar-refractivity contribution in [1.29, 1.82) is 0 Å². The van der Waals surface area contributed by atoms with E-state index < -0.39 is 44.1 Å². The highest BCUT2D eigenvalue weighted by molar-refractivity contribution is 7.45. The molecule has 0 unspecified atom stereocenters. The Morgan fingerprint density at radius 1 is 0.875 bits per heavy atom. The topological polar surface area (TPSA) is 91.9 Å². The minimum atomic E-state index is -4.67. The van der Waals surface area contributed by atoms with Gasteiger partial charge in [-0.05, 0) is 0 Å². The Bertz CT molecular complexity index is 364. The number of phosphoric acid groups is 1. The van der Waals surface area contributed by atoms with Crippen LogP contribution in [0.5, 0.6) is 0 Å². The maximum absolute atomic E-state index is 12.6. The van der Waals surface area contributed by atoms with Crippen LogP contribution < -0.4 is 0 Å². The minimum Gasteiger partial charge on any atom is -0.651 e. The van der Waals surface area contributed by atoms with Crippen LogP contribution in [0, 0.1) is 0 Å². The number of halogens is 6. The summed E-state index contributed by atoms with van der Waals surface area (Å²) in [4.78, 5) is 21.6. The molecule has 0 aliphatic rings. The second-order valence-electron chi connectivity index (χ2n) is 6.35. The highest BCUT2D eigenvalue weighted by Crippen LogP contribution is 2.46. The van der Waals surface area contributed by atoms with Gasteiger partial charge >= 0.3 is 20.2 Å². The third-order valence-corrected chi connectivity index (χ3v) is 2.35. The van der Waals surface area contributed by atoms with Crippen molar-refractivity contribution in [3.05, 3.63) is 5.32 Å². The summed E-state index contributed by atoms with van der Waals surface area (Å²) in [5.41, 5.74) is -3.07. The highest BCUT2D eigenvalue weighted by atomic mass is 31.2. The van der Waals surface area contributed by atoms with Gasteiger partial charge in [0.05, 0.1) is 0 Å². The number of nitrogens with zero attached hydrogens (tertiary/aromatic N) is 1. The molecule has 0 heterocycles. The van der Waals surface area contributed by atoms with E-state index in [1.165, 1.54) is 20.8 Å². The Hall–Kier alpha value is -0.350. The molecule has 5 nitrogen and oxygen atoms in total. The van der Waals surface area contributed by atoms with E-state index in [1.54, 1.807) is 6.92 Å². The van der Waals surface area contributed by atoms with Crippen molar-refractivity contribution in [2.45, 2.75) is 76.8 Å². The summed E-state index contributed by atoms with van der Waals surface area (Å²) >= 11 is 0. The van der Waals surface area contributed by atoms with Gasteiger partial charge in [-0.3, -0.25) is 0 Å². The molecule has 0 amide bonds. The molecule has 0 aromatic rings. The first-order valence-electron chi connectivity index (χ1n) is 6.84. The van der Waals surface area contributed by atoms with E-state index in [9.17, 15) is 26.3 Å². The van der Waals surface area contributed by atoms with Crippen LogP contribution in [0.1, 0.15) is 53.4 Å². The fraction of sp³-hybridized carbons (Fsp3) is 1.00. The van der Waals surface area contributed by atoms with E-state index in [-0.39, 0.29) is 12.8 Å². The molecule has 148 valence electrons. The Labute approximate surface area is 136 Å². The predicted molar refractivity (Wildman–Crippen MR) is 76.4 cm³/mol. The Morgan fingerprint density at radius 3 is 1.33 bits per heavy atom. The zero-order chi connectivity index (χ0) is 20.0. The molecule has 0 aliphatic heterocycles. The van der Waals surface area contributed by atoms with Gasteiger partial charge in [0.2, 0.25) is 0 Å². The fourth-order valence-electron chi connectivity index (χ4n) is 2.30. The molecule has 3 N–H and O–H groups in total. The monoisotopic (exact) mass is 390 g/mol. The van der Waals surface area contributed by atoms with Crippen LogP contribution in [0.3, 0.4) is 0 Å².